The van der Waals surface area contributed by atoms with Crippen molar-refractivity contribution < 1.29 is 14.2 Å². The van der Waals surface area contributed by atoms with Crippen LogP contribution in [0.1, 0.15) is 54.4 Å². The van der Waals surface area contributed by atoms with Gasteiger partial charge in [-0.15, -0.1) is 0 Å². The summed E-state index contributed by atoms with van der Waals surface area (Å²) in [4.78, 5) is 4.21. The zero-order valence-electron chi connectivity index (χ0n) is 13.3. The van der Waals surface area contributed by atoms with Gasteiger partial charge in [-0.25, -0.2) is 0 Å². The van der Waals surface area contributed by atoms with Crippen LogP contribution in [0.2, 0.25) is 0 Å². The summed E-state index contributed by atoms with van der Waals surface area (Å²) >= 11 is 0. The monoisotopic (exact) mass is 279 g/mol. The minimum Gasteiger partial charge on any atom is -0.485 e. The maximum absolute atomic E-state index is 6.05. The van der Waals surface area contributed by atoms with Crippen LogP contribution < -0.4 is 14.2 Å². The van der Waals surface area contributed by atoms with Gasteiger partial charge in [0, 0.05) is 0 Å². The third-order valence-corrected chi connectivity index (χ3v) is 2.47. The second kappa shape index (κ2) is 5.15. The summed E-state index contributed by atoms with van der Waals surface area (Å²) in [6, 6.07) is 0. The molecule has 4 heteroatoms. The molecule has 1 aromatic rings. The molecule has 4 nitrogen and oxygen atoms in total. The second-order valence-electron chi connectivity index (χ2n) is 7.21. The van der Waals surface area contributed by atoms with Crippen molar-refractivity contribution in [1.82, 2.24) is 4.98 Å². The highest BCUT2D eigenvalue weighted by atomic mass is 16.6. The molecule has 0 amide bonds. The molecule has 0 atom stereocenters. The topological polar surface area (TPSA) is 40.6 Å². The van der Waals surface area contributed by atoms with E-state index in [1.54, 1.807) is 12.4 Å². The van der Waals surface area contributed by atoms with E-state index in [1.807, 2.05) is 41.5 Å². The lowest BCUT2D eigenvalue weighted by atomic mass is 10.2. The van der Waals surface area contributed by atoms with Gasteiger partial charge in [-0.3, -0.25) is 4.98 Å². The maximum Gasteiger partial charge on any atom is 0.207 e. The number of hydrogen-bond donors (Lipinski definition) is 0. The Balaban J connectivity index is 2.32. The Kier molecular flexibility index (Phi) is 3.85. The molecule has 0 saturated heterocycles. The van der Waals surface area contributed by atoms with Gasteiger partial charge in [-0.2, -0.15) is 0 Å². The molecule has 0 N–H and O–H groups in total. The van der Waals surface area contributed by atoms with Gasteiger partial charge in [-0.05, 0) is 54.4 Å². The summed E-state index contributed by atoms with van der Waals surface area (Å²) in [6.07, 6.45) is 5.88. The Morgan fingerprint density at radius 1 is 0.900 bits per heavy atom. The molecule has 0 spiro atoms. The molecule has 0 radical (unpaired) electrons. The Morgan fingerprint density at radius 3 is 1.95 bits per heavy atom. The van der Waals surface area contributed by atoms with Crippen molar-refractivity contribution in [2.45, 2.75) is 71.7 Å². The number of aromatic nitrogens is 1. The number of rotatable bonds is 4. The van der Waals surface area contributed by atoms with Gasteiger partial charge in [0.05, 0.1) is 18.5 Å². The molecule has 0 aromatic carbocycles. The van der Waals surface area contributed by atoms with Gasteiger partial charge in [-0.1, -0.05) is 0 Å². The lowest BCUT2D eigenvalue weighted by Gasteiger charge is -2.28. The van der Waals surface area contributed by atoms with Crippen LogP contribution in [-0.4, -0.2) is 22.3 Å². The predicted molar refractivity (Wildman–Crippen MR) is 78.6 cm³/mol. The molecular weight excluding hydrogens is 254 g/mol. The predicted octanol–water partition coefficient (Wildman–Crippen LogP) is 3.98. The normalized spacial score (nSPS) is 15.9. The van der Waals surface area contributed by atoms with Gasteiger partial charge in [0.1, 0.15) is 11.2 Å². The third kappa shape index (κ3) is 4.58. The Hall–Kier alpha value is -1.45. The van der Waals surface area contributed by atoms with E-state index in [1.165, 1.54) is 0 Å². The fourth-order valence-corrected chi connectivity index (χ4v) is 1.67. The van der Waals surface area contributed by atoms with Crippen LogP contribution in [0.5, 0.6) is 17.2 Å². The Labute approximate surface area is 121 Å². The van der Waals surface area contributed by atoms with Crippen molar-refractivity contribution >= 4 is 0 Å². The summed E-state index contributed by atoms with van der Waals surface area (Å²) in [5, 5.41) is 0. The number of ether oxygens (including phenoxy) is 3. The van der Waals surface area contributed by atoms with Crippen LogP contribution in [0.4, 0.5) is 0 Å². The van der Waals surface area contributed by atoms with Crippen LogP contribution >= 0.6 is 0 Å². The highest BCUT2D eigenvalue weighted by Crippen LogP contribution is 2.42. The number of nitrogens with zero attached hydrogens (tertiary/aromatic N) is 1. The van der Waals surface area contributed by atoms with E-state index < -0.39 is 0 Å². The molecule has 20 heavy (non-hydrogen) atoms. The lowest BCUT2D eigenvalue weighted by molar-refractivity contribution is 0.0899. The second-order valence-corrected chi connectivity index (χ2v) is 7.21. The number of hydrogen-bond acceptors (Lipinski definition) is 4. The first-order chi connectivity index (χ1) is 9.14. The Morgan fingerprint density at radius 2 is 1.45 bits per heavy atom. The molecule has 0 unspecified atom stereocenters. The smallest absolute Gasteiger partial charge is 0.207 e. The summed E-state index contributed by atoms with van der Waals surface area (Å²) < 4.78 is 17.9. The molecule has 1 saturated carbocycles. The van der Waals surface area contributed by atoms with Crippen LogP contribution in [0.25, 0.3) is 0 Å². The van der Waals surface area contributed by atoms with Crippen molar-refractivity contribution in [2.24, 2.45) is 0 Å². The maximum atomic E-state index is 6.05. The summed E-state index contributed by atoms with van der Waals surface area (Å²) in [5.74, 6) is 1.95. The van der Waals surface area contributed by atoms with E-state index in [-0.39, 0.29) is 11.2 Å². The van der Waals surface area contributed by atoms with Crippen molar-refractivity contribution in [3.63, 3.8) is 0 Å². The minimum absolute atomic E-state index is 0.295. The van der Waals surface area contributed by atoms with Crippen molar-refractivity contribution in [3.05, 3.63) is 12.4 Å². The fraction of sp³-hybridized carbons (Fsp3) is 0.688. The largest absolute Gasteiger partial charge is 0.485 e. The standard InChI is InChI=1S/C16H25NO3/c1-15(2,3)19-13-10-17-9-12(18-11-7-8-11)14(13)20-16(4,5)6/h9-11H,7-8H2,1-6H3. The molecule has 0 bridgehead atoms. The van der Waals surface area contributed by atoms with Crippen molar-refractivity contribution in [2.75, 3.05) is 0 Å². The zero-order chi connectivity index (χ0) is 15.0. The molecular formula is C16H25NO3. The van der Waals surface area contributed by atoms with Gasteiger partial charge < -0.3 is 14.2 Å². The molecule has 1 aliphatic carbocycles. The van der Waals surface area contributed by atoms with Gasteiger partial charge in [0.25, 0.3) is 0 Å². The van der Waals surface area contributed by atoms with E-state index in [0.717, 1.165) is 12.8 Å². The third-order valence-electron chi connectivity index (χ3n) is 2.47. The van der Waals surface area contributed by atoms with Crippen LogP contribution in [0.15, 0.2) is 12.4 Å². The molecule has 2 rings (SSSR count). The molecule has 1 fully saturated rings. The summed E-state index contributed by atoms with van der Waals surface area (Å²) in [6.45, 7) is 12.0. The molecule has 1 heterocycles. The van der Waals surface area contributed by atoms with Gasteiger partial charge in [0.15, 0.2) is 11.5 Å². The van der Waals surface area contributed by atoms with Gasteiger partial charge in [0.2, 0.25) is 5.75 Å². The highest BCUT2D eigenvalue weighted by molar-refractivity contribution is 5.49. The quantitative estimate of drug-likeness (QED) is 0.836. The molecule has 1 aliphatic rings. The van der Waals surface area contributed by atoms with Crippen LogP contribution in [0.3, 0.4) is 0 Å². The summed E-state index contributed by atoms with van der Waals surface area (Å²) in [7, 11) is 0. The Bertz CT molecular complexity index is 468. The zero-order valence-corrected chi connectivity index (χ0v) is 13.3. The number of pyridine rings is 1. The van der Waals surface area contributed by atoms with Crippen LogP contribution in [0, 0.1) is 0 Å². The first-order valence-corrected chi connectivity index (χ1v) is 7.17. The average Bonchev–Trinajstić information content (AvgIpc) is 3.03. The minimum atomic E-state index is -0.320. The first-order valence-electron chi connectivity index (χ1n) is 7.17. The van der Waals surface area contributed by atoms with Crippen molar-refractivity contribution in [1.29, 1.82) is 0 Å². The van der Waals surface area contributed by atoms with E-state index in [0.29, 0.717) is 23.4 Å². The van der Waals surface area contributed by atoms with E-state index >= 15 is 0 Å². The summed E-state index contributed by atoms with van der Waals surface area (Å²) in [5.41, 5.74) is -0.630. The fourth-order valence-electron chi connectivity index (χ4n) is 1.67. The van der Waals surface area contributed by atoms with Crippen molar-refractivity contribution in [3.8, 4) is 17.2 Å². The average molecular weight is 279 g/mol. The van der Waals surface area contributed by atoms with E-state index in [2.05, 4.69) is 4.98 Å². The molecule has 112 valence electrons. The molecule has 1 aromatic heterocycles. The first kappa shape index (κ1) is 14.9. The van der Waals surface area contributed by atoms with Gasteiger partial charge >= 0.3 is 0 Å². The molecule has 0 aliphatic heterocycles. The highest BCUT2D eigenvalue weighted by Gasteiger charge is 2.29. The SMILES string of the molecule is CC(C)(C)Oc1cncc(OC2CC2)c1OC(C)(C)C. The van der Waals surface area contributed by atoms with E-state index in [9.17, 15) is 0 Å². The van der Waals surface area contributed by atoms with E-state index in [4.69, 9.17) is 14.2 Å². The lowest BCUT2D eigenvalue weighted by Crippen LogP contribution is -2.27. The van der Waals surface area contributed by atoms with Crippen LogP contribution in [-0.2, 0) is 0 Å².